The van der Waals surface area contributed by atoms with Crippen LogP contribution < -0.4 is 0 Å². The summed E-state index contributed by atoms with van der Waals surface area (Å²) in [5, 5.41) is 6.89. The third kappa shape index (κ3) is 4.98. The highest BCUT2D eigenvalue weighted by Crippen LogP contribution is 2.64. The summed E-state index contributed by atoms with van der Waals surface area (Å²) in [7, 11) is 0. The van der Waals surface area contributed by atoms with Gasteiger partial charge in [-0.1, -0.05) is 164 Å². The first-order valence-corrected chi connectivity index (χ1v) is 22.0. The van der Waals surface area contributed by atoms with Crippen LogP contribution in [0.1, 0.15) is 22.3 Å². The lowest BCUT2D eigenvalue weighted by Gasteiger charge is -2.31. The molecule has 3 nitrogen and oxygen atoms in total. The lowest BCUT2D eigenvalue weighted by atomic mass is 9.70. The van der Waals surface area contributed by atoms with E-state index in [1.807, 2.05) is 12.1 Å². The second-order valence-electron chi connectivity index (χ2n) is 17.3. The standard InChI is InChI=1S/C61H36N2O/c1-3-15-37(16-4-1)44-29-45(38-17-5-2-6-18-38)31-46(30-44)58-57-48-24-12-14-26-56(48)64-60(57)63-59(62-58)43-27-28-53-49(34-43)47-23-11-13-25-52(47)61(53)54-35-41-21-9-7-19-39(41)32-50(54)51-33-40-20-8-10-22-42(40)36-55(51)61/h1-36H. The van der Waals surface area contributed by atoms with Gasteiger partial charge in [-0.15, -0.1) is 0 Å². The Balaban J connectivity index is 1.02. The van der Waals surface area contributed by atoms with E-state index < -0.39 is 5.41 Å². The summed E-state index contributed by atoms with van der Waals surface area (Å²) in [4.78, 5) is 10.8. The first-order chi connectivity index (χ1) is 31.7. The van der Waals surface area contributed by atoms with E-state index in [1.54, 1.807) is 0 Å². The Kier molecular flexibility index (Phi) is 7.32. The van der Waals surface area contributed by atoms with Gasteiger partial charge in [0.2, 0.25) is 5.71 Å². The summed E-state index contributed by atoms with van der Waals surface area (Å²) < 4.78 is 6.63. The number of rotatable bonds is 4. The number of hydrogen-bond acceptors (Lipinski definition) is 3. The maximum atomic E-state index is 6.63. The number of para-hydroxylation sites is 1. The molecule has 0 radical (unpaired) electrons. The van der Waals surface area contributed by atoms with Crippen molar-refractivity contribution in [3.05, 3.63) is 241 Å². The summed E-state index contributed by atoms with van der Waals surface area (Å²) >= 11 is 0. The topological polar surface area (TPSA) is 38.9 Å². The third-order valence-electron chi connectivity index (χ3n) is 13.8. The van der Waals surface area contributed by atoms with E-state index in [4.69, 9.17) is 14.4 Å². The quantitative estimate of drug-likeness (QED) is 0.178. The van der Waals surface area contributed by atoms with Gasteiger partial charge in [0.05, 0.1) is 16.5 Å². The predicted octanol–water partition coefficient (Wildman–Crippen LogP) is 15.7. The van der Waals surface area contributed by atoms with Crippen LogP contribution in [0.5, 0.6) is 0 Å². The summed E-state index contributed by atoms with van der Waals surface area (Å²) in [5.74, 6) is 0.623. The van der Waals surface area contributed by atoms with E-state index in [0.29, 0.717) is 11.5 Å². The predicted molar refractivity (Wildman–Crippen MR) is 262 cm³/mol. The molecule has 3 heteroatoms. The van der Waals surface area contributed by atoms with Gasteiger partial charge in [-0.25, -0.2) is 4.98 Å². The average molecular weight is 813 g/mol. The highest BCUT2D eigenvalue weighted by Gasteiger charge is 2.52. The number of nitrogens with zero attached hydrogens (tertiary/aromatic N) is 2. The molecule has 0 fully saturated rings. The minimum Gasteiger partial charge on any atom is -0.438 e. The van der Waals surface area contributed by atoms with Gasteiger partial charge in [0.15, 0.2) is 5.82 Å². The van der Waals surface area contributed by atoms with Crippen molar-refractivity contribution in [1.29, 1.82) is 0 Å². The lowest BCUT2D eigenvalue weighted by molar-refractivity contribution is 0.653. The van der Waals surface area contributed by atoms with E-state index >= 15 is 0 Å². The van der Waals surface area contributed by atoms with E-state index in [2.05, 4.69) is 206 Å². The molecule has 0 unspecified atom stereocenters. The van der Waals surface area contributed by atoms with E-state index in [1.165, 1.54) is 66.1 Å². The van der Waals surface area contributed by atoms with Gasteiger partial charge < -0.3 is 4.42 Å². The molecule has 10 aromatic carbocycles. The highest BCUT2D eigenvalue weighted by molar-refractivity contribution is 6.11. The fraction of sp³-hybridized carbons (Fsp3) is 0.0164. The number of benzene rings is 10. The van der Waals surface area contributed by atoms with Gasteiger partial charge in [0.1, 0.15) is 5.58 Å². The molecule has 2 aliphatic carbocycles. The van der Waals surface area contributed by atoms with Crippen molar-refractivity contribution in [2.24, 2.45) is 0 Å². The summed E-state index contributed by atoms with van der Waals surface area (Å²) in [6.07, 6.45) is 0. The van der Waals surface area contributed by atoms with Crippen molar-refractivity contribution in [3.63, 3.8) is 0 Å². The molecule has 2 aromatic heterocycles. The van der Waals surface area contributed by atoms with Crippen LogP contribution in [0, 0.1) is 0 Å². The zero-order valence-corrected chi connectivity index (χ0v) is 34.6. The fourth-order valence-corrected chi connectivity index (χ4v) is 11.0. The van der Waals surface area contributed by atoms with Crippen molar-refractivity contribution in [2.45, 2.75) is 5.41 Å². The van der Waals surface area contributed by atoms with Gasteiger partial charge >= 0.3 is 0 Å². The Morgan fingerprint density at radius 1 is 0.328 bits per heavy atom. The van der Waals surface area contributed by atoms with Crippen LogP contribution >= 0.6 is 0 Å². The minimum atomic E-state index is -0.510. The molecule has 0 aliphatic heterocycles. The molecule has 0 saturated carbocycles. The van der Waals surface area contributed by atoms with Crippen LogP contribution in [0.2, 0.25) is 0 Å². The first-order valence-electron chi connectivity index (χ1n) is 22.0. The monoisotopic (exact) mass is 812 g/mol. The van der Waals surface area contributed by atoms with Gasteiger partial charge in [0.25, 0.3) is 0 Å². The highest BCUT2D eigenvalue weighted by atomic mass is 16.3. The molecule has 12 aromatic rings. The Bertz CT molecular complexity index is 3760. The molecule has 2 heterocycles. The van der Waals surface area contributed by atoms with Gasteiger partial charge in [0, 0.05) is 16.5 Å². The van der Waals surface area contributed by atoms with Gasteiger partial charge in [-0.05, 0) is 143 Å². The number of furan rings is 1. The van der Waals surface area contributed by atoms with E-state index in [-0.39, 0.29) is 0 Å². The van der Waals surface area contributed by atoms with E-state index in [9.17, 15) is 0 Å². The molecule has 2 aliphatic rings. The fourth-order valence-electron chi connectivity index (χ4n) is 11.0. The van der Waals surface area contributed by atoms with Gasteiger partial charge in [-0.3, -0.25) is 0 Å². The largest absolute Gasteiger partial charge is 0.438 e. The molecule has 296 valence electrons. The van der Waals surface area contributed by atoms with Crippen LogP contribution in [0.15, 0.2) is 223 Å². The number of hydrogen-bond donors (Lipinski definition) is 0. The normalized spacial score (nSPS) is 13.1. The minimum absolute atomic E-state index is 0.510. The molecule has 14 rings (SSSR count). The van der Waals surface area contributed by atoms with Crippen molar-refractivity contribution in [2.75, 3.05) is 0 Å². The number of fused-ring (bicyclic) bond motifs is 15. The molecule has 0 saturated heterocycles. The molecule has 0 amide bonds. The van der Waals surface area contributed by atoms with Gasteiger partial charge in [-0.2, -0.15) is 4.98 Å². The molecule has 1 spiro atoms. The van der Waals surface area contributed by atoms with Crippen LogP contribution in [-0.2, 0) is 5.41 Å². The molecule has 0 N–H and O–H groups in total. The first kappa shape index (κ1) is 35.2. The zero-order valence-electron chi connectivity index (χ0n) is 34.6. The Hall–Kier alpha value is -8.40. The lowest BCUT2D eigenvalue weighted by Crippen LogP contribution is -2.25. The SMILES string of the molecule is c1ccc(-c2cc(-c3ccccc3)cc(-c3nc(-c4ccc5c(c4)-c4ccccc4C54c5cc6ccccc6cc5-c5cc6ccccc6cc54)nc4oc5ccccc5c34)c2)cc1. The smallest absolute Gasteiger partial charge is 0.231 e. The molecule has 64 heavy (non-hydrogen) atoms. The maximum absolute atomic E-state index is 6.63. The van der Waals surface area contributed by atoms with Crippen molar-refractivity contribution in [3.8, 4) is 67.2 Å². The van der Waals surface area contributed by atoms with E-state index in [0.717, 1.165) is 55.4 Å². The second-order valence-corrected chi connectivity index (χ2v) is 17.3. The maximum Gasteiger partial charge on any atom is 0.231 e. The Labute approximate surface area is 369 Å². The van der Waals surface area contributed by atoms with Crippen LogP contribution in [-0.4, -0.2) is 9.97 Å². The second kappa shape index (κ2) is 13.3. The van der Waals surface area contributed by atoms with Crippen LogP contribution in [0.25, 0.3) is 111 Å². The molecular formula is C61H36N2O. The Morgan fingerprint density at radius 3 is 1.50 bits per heavy atom. The molecule has 0 bridgehead atoms. The zero-order chi connectivity index (χ0) is 41.9. The third-order valence-corrected chi connectivity index (χ3v) is 13.8. The average Bonchev–Trinajstić information content (AvgIpc) is 3.98. The molecular weight excluding hydrogens is 777 g/mol. The number of aromatic nitrogens is 2. The Morgan fingerprint density at radius 2 is 0.844 bits per heavy atom. The summed E-state index contributed by atoms with van der Waals surface area (Å²) in [6, 6.07) is 79.4. The molecule has 0 atom stereocenters. The summed E-state index contributed by atoms with van der Waals surface area (Å²) in [6.45, 7) is 0. The van der Waals surface area contributed by atoms with Crippen molar-refractivity contribution >= 4 is 43.6 Å². The van der Waals surface area contributed by atoms with Crippen LogP contribution in [0.3, 0.4) is 0 Å². The van der Waals surface area contributed by atoms with Crippen LogP contribution in [0.4, 0.5) is 0 Å². The van der Waals surface area contributed by atoms with Crippen molar-refractivity contribution < 1.29 is 4.42 Å². The van der Waals surface area contributed by atoms with Crippen molar-refractivity contribution in [1.82, 2.24) is 9.97 Å². The summed E-state index contributed by atoms with van der Waals surface area (Å²) in [5.41, 5.74) is 18.4.